The summed E-state index contributed by atoms with van der Waals surface area (Å²) in [7, 11) is 0. The molecule has 1 aromatic heterocycles. The number of rotatable bonds is 4. The van der Waals surface area contributed by atoms with Crippen LogP contribution in [-0.2, 0) is 11.3 Å². The standard InChI is InChI=1S/C15H17N3O/c1-11(16)15(19)18-10-12-5-7-13(8-6-12)14-4-2-3-9-17-14/h2-9,11H,10,16H2,1H3,(H,18,19). The molecule has 0 spiro atoms. The van der Waals surface area contributed by atoms with Crippen LogP contribution in [0.1, 0.15) is 12.5 Å². The third-order valence-electron chi connectivity index (χ3n) is 2.79. The van der Waals surface area contributed by atoms with Crippen molar-refractivity contribution in [3.8, 4) is 11.3 Å². The maximum absolute atomic E-state index is 11.4. The van der Waals surface area contributed by atoms with Crippen molar-refractivity contribution in [1.82, 2.24) is 10.3 Å². The fourth-order valence-electron chi connectivity index (χ4n) is 1.68. The molecule has 2 rings (SSSR count). The van der Waals surface area contributed by atoms with Gasteiger partial charge in [-0.05, 0) is 24.6 Å². The van der Waals surface area contributed by atoms with Gasteiger partial charge in [0, 0.05) is 18.3 Å². The molecule has 0 aliphatic rings. The lowest BCUT2D eigenvalue weighted by Crippen LogP contribution is -2.37. The van der Waals surface area contributed by atoms with Gasteiger partial charge in [0.25, 0.3) is 0 Å². The fraction of sp³-hybridized carbons (Fsp3) is 0.200. The number of benzene rings is 1. The lowest BCUT2D eigenvalue weighted by molar-refractivity contribution is -0.122. The highest BCUT2D eigenvalue weighted by molar-refractivity contribution is 5.80. The van der Waals surface area contributed by atoms with Crippen LogP contribution in [0.2, 0.25) is 0 Å². The SMILES string of the molecule is CC(N)C(=O)NCc1ccc(-c2ccccn2)cc1. The van der Waals surface area contributed by atoms with E-state index in [4.69, 9.17) is 5.73 Å². The number of nitrogens with one attached hydrogen (secondary N) is 1. The summed E-state index contributed by atoms with van der Waals surface area (Å²) in [5, 5.41) is 2.78. The van der Waals surface area contributed by atoms with Crippen molar-refractivity contribution in [2.75, 3.05) is 0 Å². The van der Waals surface area contributed by atoms with Gasteiger partial charge in [-0.3, -0.25) is 9.78 Å². The van der Waals surface area contributed by atoms with E-state index in [0.29, 0.717) is 6.54 Å². The number of aromatic nitrogens is 1. The van der Waals surface area contributed by atoms with Crippen molar-refractivity contribution in [3.05, 3.63) is 54.2 Å². The van der Waals surface area contributed by atoms with E-state index in [1.165, 1.54) is 0 Å². The van der Waals surface area contributed by atoms with Crippen LogP contribution in [0.3, 0.4) is 0 Å². The number of nitrogens with zero attached hydrogens (tertiary/aromatic N) is 1. The van der Waals surface area contributed by atoms with E-state index < -0.39 is 6.04 Å². The predicted molar refractivity (Wildman–Crippen MR) is 75.2 cm³/mol. The Morgan fingerprint density at radius 2 is 2.00 bits per heavy atom. The molecule has 0 saturated heterocycles. The van der Waals surface area contributed by atoms with Crippen LogP contribution < -0.4 is 11.1 Å². The van der Waals surface area contributed by atoms with Gasteiger partial charge < -0.3 is 11.1 Å². The minimum Gasteiger partial charge on any atom is -0.351 e. The second kappa shape index (κ2) is 6.11. The van der Waals surface area contributed by atoms with E-state index in [1.807, 2.05) is 42.5 Å². The summed E-state index contributed by atoms with van der Waals surface area (Å²) in [5.41, 5.74) is 8.51. The molecule has 0 radical (unpaired) electrons. The highest BCUT2D eigenvalue weighted by Gasteiger charge is 2.06. The molecule has 1 aromatic carbocycles. The summed E-state index contributed by atoms with van der Waals surface area (Å²) in [6, 6.07) is 13.3. The minimum absolute atomic E-state index is 0.145. The average Bonchev–Trinajstić information content (AvgIpc) is 2.46. The second-order valence-electron chi connectivity index (χ2n) is 4.42. The topological polar surface area (TPSA) is 68.0 Å². The van der Waals surface area contributed by atoms with E-state index in [9.17, 15) is 4.79 Å². The maximum Gasteiger partial charge on any atom is 0.236 e. The Morgan fingerprint density at radius 1 is 1.26 bits per heavy atom. The molecule has 0 fully saturated rings. The molecule has 4 nitrogen and oxygen atoms in total. The Bertz CT molecular complexity index is 535. The van der Waals surface area contributed by atoms with Gasteiger partial charge in [0.1, 0.15) is 0 Å². The Hall–Kier alpha value is -2.20. The molecule has 0 aliphatic heterocycles. The van der Waals surface area contributed by atoms with Crippen molar-refractivity contribution < 1.29 is 4.79 Å². The first-order chi connectivity index (χ1) is 9.16. The van der Waals surface area contributed by atoms with Crippen molar-refractivity contribution in [2.24, 2.45) is 5.73 Å². The summed E-state index contributed by atoms with van der Waals surface area (Å²) in [5.74, 6) is -0.145. The molecule has 0 aliphatic carbocycles. The van der Waals surface area contributed by atoms with Crippen molar-refractivity contribution in [1.29, 1.82) is 0 Å². The third kappa shape index (κ3) is 3.63. The molecule has 1 atom stereocenters. The molecular formula is C15H17N3O. The highest BCUT2D eigenvalue weighted by atomic mass is 16.2. The van der Waals surface area contributed by atoms with Crippen LogP contribution >= 0.6 is 0 Å². The van der Waals surface area contributed by atoms with Crippen LogP contribution in [0.4, 0.5) is 0 Å². The monoisotopic (exact) mass is 255 g/mol. The zero-order valence-electron chi connectivity index (χ0n) is 10.8. The van der Waals surface area contributed by atoms with Crippen LogP contribution in [0.25, 0.3) is 11.3 Å². The van der Waals surface area contributed by atoms with Gasteiger partial charge in [0.15, 0.2) is 0 Å². The average molecular weight is 255 g/mol. The molecule has 1 heterocycles. The Kier molecular flexibility index (Phi) is 4.26. The maximum atomic E-state index is 11.4. The van der Waals surface area contributed by atoms with Gasteiger partial charge in [-0.1, -0.05) is 30.3 Å². The molecule has 19 heavy (non-hydrogen) atoms. The first-order valence-electron chi connectivity index (χ1n) is 6.20. The largest absolute Gasteiger partial charge is 0.351 e. The first kappa shape index (κ1) is 13.2. The summed E-state index contributed by atoms with van der Waals surface area (Å²) in [6.07, 6.45) is 1.77. The summed E-state index contributed by atoms with van der Waals surface area (Å²) in [6.45, 7) is 2.16. The third-order valence-corrected chi connectivity index (χ3v) is 2.79. The second-order valence-corrected chi connectivity index (χ2v) is 4.42. The molecule has 1 amide bonds. The van der Waals surface area contributed by atoms with Crippen LogP contribution in [0.15, 0.2) is 48.7 Å². The molecule has 2 aromatic rings. The zero-order valence-corrected chi connectivity index (χ0v) is 10.8. The lowest BCUT2D eigenvalue weighted by Gasteiger charge is -2.08. The highest BCUT2D eigenvalue weighted by Crippen LogP contribution is 2.16. The Labute approximate surface area is 112 Å². The number of hydrogen-bond donors (Lipinski definition) is 2. The molecular weight excluding hydrogens is 238 g/mol. The normalized spacial score (nSPS) is 11.9. The molecule has 0 saturated carbocycles. The Morgan fingerprint density at radius 3 is 2.58 bits per heavy atom. The van der Waals surface area contributed by atoms with Crippen LogP contribution in [0.5, 0.6) is 0 Å². The van der Waals surface area contributed by atoms with Crippen molar-refractivity contribution in [3.63, 3.8) is 0 Å². The lowest BCUT2D eigenvalue weighted by atomic mass is 10.1. The quantitative estimate of drug-likeness (QED) is 0.874. The van der Waals surface area contributed by atoms with Gasteiger partial charge in [0.05, 0.1) is 11.7 Å². The predicted octanol–water partition coefficient (Wildman–Crippen LogP) is 1.71. The number of pyridine rings is 1. The number of amides is 1. The van der Waals surface area contributed by atoms with Crippen molar-refractivity contribution in [2.45, 2.75) is 19.5 Å². The van der Waals surface area contributed by atoms with Gasteiger partial charge in [-0.15, -0.1) is 0 Å². The van der Waals surface area contributed by atoms with Gasteiger partial charge in [-0.2, -0.15) is 0 Å². The Balaban J connectivity index is 2.01. The van der Waals surface area contributed by atoms with Gasteiger partial charge in [-0.25, -0.2) is 0 Å². The zero-order chi connectivity index (χ0) is 13.7. The van der Waals surface area contributed by atoms with Crippen molar-refractivity contribution >= 4 is 5.91 Å². The summed E-state index contributed by atoms with van der Waals surface area (Å²) >= 11 is 0. The van der Waals surface area contributed by atoms with E-state index in [1.54, 1.807) is 13.1 Å². The van der Waals surface area contributed by atoms with E-state index in [0.717, 1.165) is 16.8 Å². The minimum atomic E-state index is -0.479. The van der Waals surface area contributed by atoms with Crippen LogP contribution in [-0.4, -0.2) is 16.9 Å². The number of nitrogens with two attached hydrogens (primary N) is 1. The fourth-order valence-corrected chi connectivity index (χ4v) is 1.68. The van der Waals surface area contributed by atoms with E-state index in [-0.39, 0.29) is 5.91 Å². The number of carbonyl (C=O) groups excluding carboxylic acids is 1. The molecule has 98 valence electrons. The van der Waals surface area contributed by atoms with Crippen LogP contribution in [0, 0.1) is 0 Å². The molecule has 3 N–H and O–H groups in total. The molecule has 1 unspecified atom stereocenters. The van der Waals surface area contributed by atoms with Gasteiger partial charge >= 0.3 is 0 Å². The van der Waals surface area contributed by atoms with E-state index >= 15 is 0 Å². The summed E-state index contributed by atoms with van der Waals surface area (Å²) < 4.78 is 0. The molecule has 4 heteroatoms. The van der Waals surface area contributed by atoms with E-state index in [2.05, 4.69) is 10.3 Å². The number of hydrogen-bond acceptors (Lipinski definition) is 3. The first-order valence-corrected chi connectivity index (χ1v) is 6.20. The summed E-state index contributed by atoms with van der Waals surface area (Å²) in [4.78, 5) is 15.6. The smallest absolute Gasteiger partial charge is 0.236 e. The number of carbonyl (C=O) groups is 1. The van der Waals surface area contributed by atoms with Gasteiger partial charge in [0.2, 0.25) is 5.91 Å². The molecule has 0 bridgehead atoms.